The van der Waals surface area contributed by atoms with E-state index in [1.54, 1.807) is 0 Å². The topological polar surface area (TPSA) is 30.2 Å². The van der Waals surface area contributed by atoms with Gasteiger partial charge in [0.2, 0.25) is 12.3 Å². The highest BCUT2D eigenvalue weighted by molar-refractivity contribution is 9.09. The van der Waals surface area contributed by atoms with Crippen LogP contribution in [0.25, 0.3) is 10.8 Å². The number of ketones is 1. The molecule has 7 rings (SSSR count). The maximum atomic E-state index is 14.2. The fourth-order valence-corrected chi connectivity index (χ4v) is 8.72. The van der Waals surface area contributed by atoms with Crippen LogP contribution in [0, 0.1) is 0 Å². The van der Waals surface area contributed by atoms with Crippen molar-refractivity contribution in [3.63, 3.8) is 0 Å². The fourth-order valence-electron chi connectivity index (χ4n) is 8.51. The van der Waals surface area contributed by atoms with Gasteiger partial charge in [-0.2, -0.15) is 132 Å². The fraction of sp³-hybridized carbons (Fsp3) is 0.200. The van der Waals surface area contributed by atoms with E-state index in [-0.39, 0.29) is 12.3 Å². The lowest BCUT2D eigenvalue weighted by Gasteiger charge is -2.46. The Kier molecular flexibility index (Phi) is 16.8. The molecular formula is C50H27BBrF24NO2. The molecule has 0 bridgehead atoms. The molecule has 6 aromatic carbocycles. The van der Waals surface area contributed by atoms with Gasteiger partial charge in [0.1, 0.15) is 11.7 Å². The molecule has 0 amide bonds. The SMILES string of the molecule is FC(F)(F)c1cc([B-](c2cc(C(F)(F)F)cc(C(F)(F)F)c2)(c2cc(C(F)(F)F)cc(C(F)(F)F)c2)c2cc(C(F)(F)F)cc(C(F)(F)F)c2)cc(C(F)(F)F)c1.O=C(C[n+]1ccc2ccccc2c1OCBr)c1ccccc1. The Morgan fingerprint density at radius 2 is 0.671 bits per heavy atom. The Balaban J connectivity index is 0.000000378. The Morgan fingerprint density at radius 3 is 0.949 bits per heavy atom. The van der Waals surface area contributed by atoms with Crippen molar-refractivity contribution in [2.24, 2.45) is 0 Å². The molecule has 0 aliphatic heterocycles. The van der Waals surface area contributed by atoms with Gasteiger partial charge in [0.25, 0.3) is 0 Å². The Hall–Kier alpha value is -6.94. The first-order chi connectivity index (χ1) is 36.1. The van der Waals surface area contributed by atoms with Gasteiger partial charge in [0.15, 0.2) is 6.20 Å². The molecule has 0 atom stereocenters. The van der Waals surface area contributed by atoms with Gasteiger partial charge in [-0.05, 0) is 51.6 Å². The summed E-state index contributed by atoms with van der Waals surface area (Å²) in [5.74, 6) is 0.750. The molecule has 422 valence electrons. The average molecular weight is 1220 g/mol. The molecule has 0 aliphatic carbocycles. The van der Waals surface area contributed by atoms with E-state index in [4.69, 9.17) is 4.74 Å². The zero-order chi connectivity index (χ0) is 59.3. The van der Waals surface area contributed by atoms with Crippen LogP contribution in [0.5, 0.6) is 5.88 Å². The highest BCUT2D eigenvalue weighted by Gasteiger charge is 2.47. The van der Waals surface area contributed by atoms with Gasteiger partial charge < -0.3 is 4.74 Å². The molecule has 0 saturated heterocycles. The number of rotatable bonds is 9. The third-order valence-electron chi connectivity index (χ3n) is 11.9. The first-order valence-corrected chi connectivity index (χ1v) is 22.7. The molecule has 29 heteroatoms. The maximum Gasteiger partial charge on any atom is 0.416 e. The molecule has 79 heavy (non-hydrogen) atoms. The van der Waals surface area contributed by atoms with Crippen LogP contribution in [0.4, 0.5) is 105 Å². The Labute approximate surface area is 436 Å². The largest absolute Gasteiger partial charge is 0.432 e. The Bertz CT molecular complexity index is 2920. The molecular weight excluding hydrogens is 1190 g/mol. The number of halogens is 25. The summed E-state index contributed by atoms with van der Waals surface area (Å²) in [6.07, 6.45) is -52.9. The number of hydrogen-bond acceptors (Lipinski definition) is 2. The van der Waals surface area contributed by atoms with E-state index < -0.39 is 195 Å². The second-order valence-electron chi connectivity index (χ2n) is 17.1. The number of carbonyl (C=O) groups is 1. The number of nitrogens with zero attached hydrogens (tertiary/aromatic N) is 1. The lowest BCUT2D eigenvalue weighted by atomic mass is 9.12. The van der Waals surface area contributed by atoms with Crippen LogP contribution < -0.4 is 31.2 Å². The number of hydrogen-bond donors (Lipinski definition) is 0. The monoisotopic (exact) mass is 1220 g/mol. The number of benzene rings is 6. The van der Waals surface area contributed by atoms with Crippen molar-refractivity contribution >= 4 is 60.5 Å². The van der Waals surface area contributed by atoms with Gasteiger partial charge in [0.05, 0.1) is 49.9 Å². The second-order valence-corrected chi connectivity index (χ2v) is 17.6. The highest BCUT2D eigenvalue weighted by Crippen LogP contribution is 2.41. The van der Waals surface area contributed by atoms with E-state index in [0.717, 1.165) is 10.8 Å². The average Bonchev–Trinajstić information content (AvgIpc) is 3.55. The van der Waals surface area contributed by atoms with Crippen LogP contribution in [0.1, 0.15) is 54.9 Å². The zero-order valence-corrected chi connectivity index (χ0v) is 40.1. The summed E-state index contributed by atoms with van der Waals surface area (Å²) in [5, 5.41) is 2.08. The van der Waals surface area contributed by atoms with Gasteiger partial charge in [0, 0.05) is 11.6 Å². The van der Waals surface area contributed by atoms with E-state index in [0.29, 0.717) is 17.0 Å². The summed E-state index contributed by atoms with van der Waals surface area (Å²) < 4.78 is 348. The molecule has 0 spiro atoms. The summed E-state index contributed by atoms with van der Waals surface area (Å²) in [6, 6.07) is 10.5. The van der Waals surface area contributed by atoms with E-state index in [1.807, 2.05) is 71.4 Å². The highest BCUT2D eigenvalue weighted by atomic mass is 79.9. The van der Waals surface area contributed by atoms with Gasteiger partial charge in [-0.15, -0.1) is 0 Å². The normalized spacial score (nSPS) is 13.3. The minimum atomic E-state index is -6.13. The molecule has 3 nitrogen and oxygen atoms in total. The number of ether oxygens (including phenoxy) is 1. The predicted octanol–water partition coefficient (Wildman–Crippen LogP) is 15.0. The molecule has 1 aromatic heterocycles. The molecule has 0 N–H and O–H groups in total. The molecule has 0 radical (unpaired) electrons. The summed E-state index contributed by atoms with van der Waals surface area (Å²) in [6.45, 7) is 0.247. The summed E-state index contributed by atoms with van der Waals surface area (Å²) in [5.41, 5.74) is -29.1. The standard InChI is InChI=1S/C32H12BF24.C18H15BrNO2/c34-25(35,36)13-1-14(26(37,38)39)6-21(5-13)33(22-7-15(27(40,41)42)2-16(8-22)28(43,44)45,23-9-17(29(46,47)48)3-18(10-23)30(49,50)51)24-11-19(31(52,53)54)4-20(12-24)32(55,56)57;19-13-22-18-16-9-5-4-6-14(16)10-11-20(18)12-17(21)15-7-2-1-3-8-15/h1-12H;1-11H,12-13H2/q-1;+1. The van der Waals surface area contributed by atoms with Crippen LogP contribution in [0.15, 0.2) is 140 Å². The van der Waals surface area contributed by atoms with Crippen molar-refractivity contribution in [2.45, 2.75) is 56.0 Å². The molecule has 0 saturated carbocycles. The van der Waals surface area contributed by atoms with Crippen LogP contribution in [0.2, 0.25) is 0 Å². The van der Waals surface area contributed by atoms with Gasteiger partial charge >= 0.3 is 55.3 Å². The first-order valence-electron chi connectivity index (χ1n) is 21.6. The van der Waals surface area contributed by atoms with Crippen molar-refractivity contribution in [3.8, 4) is 5.88 Å². The minimum absolute atomic E-state index is 0.0558. The first kappa shape index (κ1) is 61.3. The minimum Gasteiger partial charge on any atom is -0.432 e. The van der Waals surface area contributed by atoms with Crippen molar-refractivity contribution < 1.29 is 119 Å². The van der Waals surface area contributed by atoms with Gasteiger partial charge in [-0.3, -0.25) is 4.79 Å². The number of alkyl halides is 25. The van der Waals surface area contributed by atoms with Crippen molar-refractivity contribution in [3.05, 3.63) is 190 Å². The summed E-state index contributed by atoms with van der Waals surface area (Å²) in [7, 11) is 0. The van der Waals surface area contributed by atoms with Crippen LogP contribution in [-0.4, -0.2) is 17.4 Å². The predicted molar refractivity (Wildman–Crippen MR) is 239 cm³/mol. The molecule has 0 unspecified atom stereocenters. The lowest BCUT2D eigenvalue weighted by molar-refractivity contribution is -0.686. The quantitative estimate of drug-likeness (QED) is 0.0474. The summed E-state index contributed by atoms with van der Waals surface area (Å²) in [4.78, 5) is 12.4. The van der Waals surface area contributed by atoms with Crippen molar-refractivity contribution in [1.82, 2.24) is 0 Å². The smallest absolute Gasteiger partial charge is 0.416 e. The third-order valence-corrected chi connectivity index (χ3v) is 12.2. The third kappa shape index (κ3) is 13.9. The number of fused-ring (bicyclic) bond motifs is 1. The molecule has 0 aliphatic rings. The van der Waals surface area contributed by atoms with E-state index >= 15 is 0 Å². The second kappa shape index (κ2) is 21.6. The number of pyridine rings is 1. The summed E-state index contributed by atoms with van der Waals surface area (Å²) >= 11 is 3.30. The van der Waals surface area contributed by atoms with Gasteiger partial charge in [-0.25, -0.2) is 0 Å². The van der Waals surface area contributed by atoms with E-state index in [1.165, 1.54) is 0 Å². The zero-order valence-electron chi connectivity index (χ0n) is 38.5. The van der Waals surface area contributed by atoms with E-state index in [2.05, 4.69) is 15.9 Å². The van der Waals surface area contributed by atoms with Crippen LogP contribution in [-0.2, 0) is 56.0 Å². The van der Waals surface area contributed by atoms with Gasteiger partial charge in [-0.1, -0.05) is 97.1 Å². The lowest BCUT2D eigenvalue weighted by Crippen LogP contribution is -2.75. The number of Topliss-reactive ketones (excluding diaryl/α,β-unsaturated/α-hetero) is 1. The molecule has 7 aromatic rings. The van der Waals surface area contributed by atoms with Crippen LogP contribution in [0.3, 0.4) is 0 Å². The van der Waals surface area contributed by atoms with Crippen molar-refractivity contribution in [1.29, 1.82) is 0 Å². The maximum absolute atomic E-state index is 14.2. The Morgan fingerprint density at radius 1 is 0.392 bits per heavy atom. The van der Waals surface area contributed by atoms with E-state index in [9.17, 15) is 110 Å². The number of aromatic nitrogens is 1. The molecule has 0 fully saturated rings. The number of carbonyl (C=O) groups excluding carboxylic acids is 1. The van der Waals surface area contributed by atoms with Crippen LogP contribution >= 0.6 is 15.9 Å². The molecule has 1 heterocycles. The van der Waals surface area contributed by atoms with Crippen molar-refractivity contribution in [2.75, 3.05) is 5.52 Å².